The Hall–Kier alpha value is -1.68. The zero-order valence-electron chi connectivity index (χ0n) is 11.8. The number of amides is 1. The van der Waals surface area contributed by atoms with Gasteiger partial charge < -0.3 is 5.32 Å². The summed E-state index contributed by atoms with van der Waals surface area (Å²) in [6, 6.07) is 14.1. The van der Waals surface area contributed by atoms with Gasteiger partial charge in [0.05, 0.1) is 11.6 Å². The van der Waals surface area contributed by atoms with Crippen molar-refractivity contribution >= 4 is 21.8 Å². The Kier molecular flexibility index (Phi) is 5.51. The number of hydrogen-bond acceptors (Lipinski definition) is 1. The lowest BCUT2D eigenvalue weighted by atomic mass is 10.0. The van der Waals surface area contributed by atoms with Gasteiger partial charge in [0, 0.05) is 4.47 Å². The van der Waals surface area contributed by atoms with Crippen molar-refractivity contribution < 1.29 is 9.18 Å². The van der Waals surface area contributed by atoms with Gasteiger partial charge >= 0.3 is 0 Å². The van der Waals surface area contributed by atoms with Gasteiger partial charge in [0.15, 0.2) is 0 Å². The average Bonchev–Trinajstić information content (AvgIpc) is 2.47. The minimum absolute atomic E-state index is 0.0505. The molecular weight excluding hydrogens is 333 g/mol. The summed E-state index contributed by atoms with van der Waals surface area (Å²) in [6.07, 6.45) is 1.74. The van der Waals surface area contributed by atoms with Crippen LogP contribution in [0.2, 0.25) is 0 Å². The zero-order valence-corrected chi connectivity index (χ0v) is 13.4. The van der Waals surface area contributed by atoms with Crippen molar-refractivity contribution in [1.29, 1.82) is 0 Å². The van der Waals surface area contributed by atoms with Crippen molar-refractivity contribution in [3.8, 4) is 0 Å². The van der Waals surface area contributed by atoms with Crippen LogP contribution < -0.4 is 5.32 Å². The van der Waals surface area contributed by atoms with Crippen LogP contribution in [0.5, 0.6) is 0 Å². The number of carbonyl (C=O) groups excluding carboxylic acids is 1. The molecule has 21 heavy (non-hydrogen) atoms. The van der Waals surface area contributed by atoms with Crippen LogP contribution in [0.25, 0.3) is 0 Å². The summed E-state index contributed by atoms with van der Waals surface area (Å²) in [5, 5.41) is 2.92. The lowest BCUT2D eigenvalue weighted by Crippen LogP contribution is -2.29. The lowest BCUT2D eigenvalue weighted by molar-refractivity contribution is 0.0929. The normalized spacial score (nSPS) is 12.0. The monoisotopic (exact) mass is 349 g/mol. The van der Waals surface area contributed by atoms with E-state index in [0.717, 1.165) is 18.4 Å². The molecule has 0 heterocycles. The fraction of sp³-hybridized carbons (Fsp3) is 0.235. The summed E-state index contributed by atoms with van der Waals surface area (Å²) in [5.41, 5.74) is 1.08. The third-order valence-corrected chi connectivity index (χ3v) is 3.94. The van der Waals surface area contributed by atoms with Gasteiger partial charge in [-0.15, -0.1) is 0 Å². The average molecular weight is 350 g/mol. The maximum atomic E-state index is 13.8. The molecule has 110 valence electrons. The molecule has 4 heteroatoms. The maximum absolute atomic E-state index is 13.8. The number of nitrogens with one attached hydrogen (secondary N) is 1. The van der Waals surface area contributed by atoms with Gasteiger partial charge in [-0.25, -0.2) is 4.39 Å². The topological polar surface area (TPSA) is 29.1 Å². The molecule has 1 unspecified atom stereocenters. The molecule has 1 atom stereocenters. The van der Waals surface area contributed by atoms with Crippen LogP contribution in [0.15, 0.2) is 53.0 Å². The first-order chi connectivity index (χ1) is 10.1. The molecule has 0 bridgehead atoms. The van der Waals surface area contributed by atoms with Gasteiger partial charge in [0.25, 0.3) is 5.91 Å². The summed E-state index contributed by atoms with van der Waals surface area (Å²) in [6.45, 7) is 2.06. The number of carbonyl (C=O) groups is 1. The third kappa shape index (κ3) is 3.91. The first-order valence-electron chi connectivity index (χ1n) is 6.93. The highest BCUT2D eigenvalue weighted by atomic mass is 79.9. The van der Waals surface area contributed by atoms with Gasteiger partial charge in [-0.3, -0.25) is 4.79 Å². The van der Waals surface area contributed by atoms with Crippen LogP contribution in [-0.2, 0) is 0 Å². The van der Waals surface area contributed by atoms with Crippen LogP contribution in [0.4, 0.5) is 4.39 Å². The molecule has 0 aliphatic heterocycles. The van der Waals surface area contributed by atoms with E-state index in [0.29, 0.717) is 4.47 Å². The van der Waals surface area contributed by atoms with Gasteiger partial charge in [0.2, 0.25) is 0 Å². The van der Waals surface area contributed by atoms with E-state index >= 15 is 0 Å². The first-order valence-corrected chi connectivity index (χ1v) is 7.72. The number of halogens is 2. The van der Waals surface area contributed by atoms with E-state index in [4.69, 9.17) is 0 Å². The Bertz CT molecular complexity index is 595. The highest BCUT2D eigenvalue weighted by Crippen LogP contribution is 2.23. The van der Waals surface area contributed by atoms with Crippen molar-refractivity contribution in [2.75, 3.05) is 0 Å². The van der Waals surface area contributed by atoms with Crippen molar-refractivity contribution in [1.82, 2.24) is 5.32 Å². The second-order valence-corrected chi connectivity index (χ2v) is 5.68. The Morgan fingerprint density at radius 1 is 1.19 bits per heavy atom. The van der Waals surface area contributed by atoms with Gasteiger partial charge in [-0.05, 0) is 40.0 Å². The van der Waals surface area contributed by atoms with Gasteiger partial charge in [-0.1, -0.05) is 49.7 Å². The smallest absolute Gasteiger partial charge is 0.255 e. The minimum Gasteiger partial charge on any atom is -0.345 e. The molecule has 0 spiro atoms. The van der Waals surface area contributed by atoms with E-state index in [9.17, 15) is 9.18 Å². The second-order valence-electron chi connectivity index (χ2n) is 4.82. The van der Waals surface area contributed by atoms with Crippen molar-refractivity contribution in [3.05, 3.63) is 69.9 Å². The molecule has 0 aliphatic rings. The third-order valence-electron chi connectivity index (χ3n) is 3.27. The summed E-state index contributed by atoms with van der Waals surface area (Å²) >= 11 is 3.23. The Morgan fingerprint density at radius 3 is 2.52 bits per heavy atom. The standard InChI is InChI=1S/C17H17BrFNO/c1-2-7-15(12-8-4-3-5-9-12)20-17(21)16-13(18)10-6-11-14(16)19/h3-6,8-11,15H,2,7H2,1H3,(H,20,21). The maximum Gasteiger partial charge on any atom is 0.255 e. The number of benzene rings is 2. The van der Waals surface area contributed by atoms with E-state index in [1.807, 2.05) is 30.3 Å². The van der Waals surface area contributed by atoms with Gasteiger partial charge in [0.1, 0.15) is 5.82 Å². The zero-order chi connectivity index (χ0) is 15.2. The Balaban J connectivity index is 2.23. The molecule has 2 aromatic rings. The molecule has 0 aromatic heterocycles. The van der Waals surface area contributed by atoms with Crippen molar-refractivity contribution in [2.24, 2.45) is 0 Å². The molecule has 2 aromatic carbocycles. The molecule has 1 amide bonds. The van der Waals surface area contributed by atoms with E-state index in [-0.39, 0.29) is 11.6 Å². The molecule has 0 saturated heterocycles. The number of rotatable bonds is 5. The number of hydrogen-bond donors (Lipinski definition) is 1. The molecule has 0 radical (unpaired) electrons. The van der Waals surface area contributed by atoms with Crippen LogP contribution in [-0.4, -0.2) is 5.91 Å². The van der Waals surface area contributed by atoms with Crippen LogP contribution >= 0.6 is 15.9 Å². The molecule has 0 aliphatic carbocycles. The summed E-state index contributed by atoms with van der Waals surface area (Å²) in [7, 11) is 0. The van der Waals surface area contributed by atoms with Crippen LogP contribution in [0.1, 0.15) is 41.7 Å². The van der Waals surface area contributed by atoms with Crippen LogP contribution in [0.3, 0.4) is 0 Å². The SMILES string of the molecule is CCCC(NC(=O)c1c(F)cccc1Br)c1ccccc1. The summed E-state index contributed by atoms with van der Waals surface area (Å²) in [5.74, 6) is -0.924. The molecular formula is C17H17BrFNO. The highest BCUT2D eigenvalue weighted by molar-refractivity contribution is 9.10. The van der Waals surface area contributed by atoms with Crippen molar-refractivity contribution in [3.63, 3.8) is 0 Å². The quantitative estimate of drug-likeness (QED) is 0.820. The fourth-order valence-electron chi connectivity index (χ4n) is 2.24. The van der Waals surface area contributed by atoms with Crippen LogP contribution in [0, 0.1) is 5.82 Å². The minimum atomic E-state index is -0.523. The highest BCUT2D eigenvalue weighted by Gasteiger charge is 2.19. The van der Waals surface area contributed by atoms with E-state index < -0.39 is 11.7 Å². The predicted molar refractivity (Wildman–Crippen MR) is 85.7 cm³/mol. The van der Waals surface area contributed by atoms with E-state index in [2.05, 4.69) is 28.2 Å². The second kappa shape index (κ2) is 7.36. The van der Waals surface area contributed by atoms with Crippen molar-refractivity contribution in [2.45, 2.75) is 25.8 Å². The summed E-state index contributed by atoms with van der Waals surface area (Å²) < 4.78 is 14.3. The fourth-order valence-corrected chi connectivity index (χ4v) is 2.76. The Morgan fingerprint density at radius 2 is 1.90 bits per heavy atom. The summed E-state index contributed by atoms with van der Waals surface area (Å²) in [4.78, 5) is 12.4. The molecule has 1 N–H and O–H groups in total. The predicted octanol–water partition coefficient (Wildman–Crippen LogP) is 4.86. The van der Waals surface area contributed by atoms with E-state index in [1.165, 1.54) is 6.07 Å². The first kappa shape index (κ1) is 15.7. The van der Waals surface area contributed by atoms with E-state index in [1.54, 1.807) is 12.1 Å². The lowest BCUT2D eigenvalue weighted by Gasteiger charge is -2.19. The van der Waals surface area contributed by atoms with Gasteiger partial charge in [-0.2, -0.15) is 0 Å². The molecule has 0 saturated carbocycles. The molecule has 2 rings (SSSR count). The molecule has 2 nitrogen and oxygen atoms in total. The molecule has 0 fully saturated rings. The Labute approximate surface area is 132 Å². The largest absolute Gasteiger partial charge is 0.345 e.